The third-order valence-corrected chi connectivity index (χ3v) is 5.13. The second-order valence-corrected chi connectivity index (χ2v) is 5.91. The van der Waals surface area contributed by atoms with Crippen molar-refractivity contribution in [3.05, 3.63) is 65.2 Å². The molecule has 0 atom stereocenters. The SMILES string of the molecule is O=C1c2ccccc2C[Se]c2ccccc21. The molecule has 16 heavy (non-hydrogen) atoms. The number of ketones is 1. The van der Waals surface area contributed by atoms with Gasteiger partial charge in [0.05, 0.1) is 0 Å². The number of rotatable bonds is 0. The predicted octanol–water partition coefficient (Wildman–Crippen LogP) is 1.76. The fraction of sp³-hybridized carbons (Fsp3) is 0.0714. The van der Waals surface area contributed by atoms with E-state index in [1.54, 1.807) is 0 Å². The maximum atomic E-state index is 12.3. The first-order chi connectivity index (χ1) is 7.86. The summed E-state index contributed by atoms with van der Waals surface area (Å²) < 4.78 is 1.23. The van der Waals surface area contributed by atoms with Gasteiger partial charge in [-0.05, 0) is 0 Å². The van der Waals surface area contributed by atoms with E-state index in [-0.39, 0.29) is 5.78 Å². The van der Waals surface area contributed by atoms with E-state index in [0.29, 0.717) is 15.0 Å². The van der Waals surface area contributed by atoms with E-state index in [2.05, 4.69) is 12.1 Å². The first-order valence-corrected chi connectivity index (χ1v) is 7.27. The Morgan fingerprint density at radius 1 is 0.875 bits per heavy atom. The minimum atomic E-state index is 0.186. The Balaban J connectivity index is 2.22. The van der Waals surface area contributed by atoms with Gasteiger partial charge in [-0.15, -0.1) is 0 Å². The molecule has 1 heterocycles. The maximum absolute atomic E-state index is 12.3. The van der Waals surface area contributed by atoms with Crippen molar-refractivity contribution in [2.45, 2.75) is 5.32 Å². The van der Waals surface area contributed by atoms with Gasteiger partial charge in [-0.1, -0.05) is 0 Å². The van der Waals surface area contributed by atoms with Crippen molar-refractivity contribution < 1.29 is 4.79 Å². The molecule has 0 aliphatic carbocycles. The molecule has 0 spiro atoms. The average Bonchev–Trinajstić information content (AvgIpc) is 2.49. The van der Waals surface area contributed by atoms with Gasteiger partial charge < -0.3 is 0 Å². The topological polar surface area (TPSA) is 17.1 Å². The van der Waals surface area contributed by atoms with E-state index < -0.39 is 0 Å². The van der Waals surface area contributed by atoms with E-state index >= 15 is 0 Å². The number of hydrogen-bond acceptors (Lipinski definition) is 1. The van der Waals surface area contributed by atoms with Crippen LogP contribution in [0.1, 0.15) is 21.5 Å². The molecule has 1 aliphatic rings. The first-order valence-electron chi connectivity index (χ1n) is 5.21. The van der Waals surface area contributed by atoms with Gasteiger partial charge in [-0.2, -0.15) is 0 Å². The minimum absolute atomic E-state index is 0.186. The van der Waals surface area contributed by atoms with Gasteiger partial charge in [0.2, 0.25) is 0 Å². The summed E-state index contributed by atoms with van der Waals surface area (Å²) >= 11 is 0.374. The molecule has 0 aromatic heterocycles. The van der Waals surface area contributed by atoms with E-state index in [9.17, 15) is 4.79 Å². The van der Waals surface area contributed by atoms with Crippen molar-refractivity contribution >= 4 is 25.2 Å². The number of carbonyl (C=O) groups is 1. The van der Waals surface area contributed by atoms with Crippen molar-refractivity contribution in [1.29, 1.82) is 0 Å². The molecule has 2 heteroatoms. The van der Waals surface area contributed by atoms with Crippen LogP contribution in [-0.4, -0.2) is 20.7 Å². The second kappa shape index (κ2) is 3.89. The van der Waals surface area contributed by atoms with Gasteiger partial charge in [0.25, 0.3) is 0 Å². The number of fused-ring (bicyclic) bond motifs is 2. The molecule has 2 aromatic rings. The fourth-order valence-electron chi connectivity index (χ4n) is 1.95. The molecule has 0 radical (unpaired) electrons. The van der Waals surface area contributed by atoms with E-state index in [1.165, 1.54) is 10.0 Å². The molecule has 3 rings (SSSR count). The standard InChI is InChI=1S/C14H10OSe/c15-14-11-6-2-1-5-10(11)9-16-13-8-4-3-7-12(13)14/h1-8H,9H2. The van der Waals surface area contributed by atoms with E-state index in [0.717, 1.165) is 16.4 Å². The van der Waals surface area contributed by atoms with Crippen LogP contribution in [0.3, 0.4) is 0 Å². The first kappa shape index (κ1) is 9.83. The second-order valence-electron chi connectivity index (χ2n) is 3.77. The molecule has 0 saturated heterocycles. The molecule has 0 unspecified atom stereocenters. The predicted molar refractivity (Wildman–Crippen MR) is 65.4 cm³/mol. The summed E-state index contributed by atoms with van der Waals surface area (Å²) in [4.78, 5) is 12.3. The zero-order chi connectivity index (χ0) is 11.0. The molecule has 78 valence electrons. The number of benzene rings is 2. The van der Waals surface area contributed by atoms with Gasteiger partial charge >= 0.3 is 101 Å². The van der Waals surface area contributed by atoms with Crippen molar-refractivity contribution in [1.82, 2.24) is 0 Å². The summed E-state index contributed by atoms with van der Waals surface area (Å²) in [5, 5.41) is 1.02. The van der Waals surface area contributed by atoms with Crippen LogP contribution in [0.5, 0.6) is 0 Å². The summed E-state index contributed by atoms with van der Waals surface area (Å²) in [6.45, 7) is 0. The van der Waals surface area contributed by atoms with Crippen molar-refractivity contribution in [2.24, 2.45) is 0 Å². The van der Waals surface area contributed by atoms with E-state index in [1.807, 2.05) is 36.4 Å². The quantitative estimate of drug-likeness (QED) is 0.668. The molecular formula is C14H10OSe. The van der Waals surface area contributed by atoms with Gasteiger partial charge in [-0.25, -0.2) is 0 Å². The summed E-state index contributed by atoms with van der Waals surface area (Å²) in [6.07, 6.45) is 0. The van der Waals surface area contributed by atoms with Gasteiger partial charge in [0.1, 0.15) is 0 Å². The molecular weight excluding hydrogens is 263 g/mol. The van der Waals surface area contributed by atoms with Crippen LogP contribution in [0.4, 0.5) is 0 Å². The average molecular weight is 273 g/mol. The van der Waals surface area contributed by atoms with Crippen molar-refractivity contribution in [2.75, 3.05) is 0 Å². The molecule has 0 saturated carbocycles. The van der Waals surface area contributed by atoms with E-state index in [4.69, 9.17) is 0 Å². The summed E-state index contributed by atoms with van der Waals surface area (Å²) in [7, 11) is 0. The third kappa shape index (κ3) is 1.51. The molecule has 0 amide bonds. The summed E-state index contributed by atoms with van der Waals surface area (Å²) in [6, 6.07) is 16.0. The van der Waals surface area contributed by atoms with Crippen LogP contribution in [0.2, 0.25) is 0 Å². The number of hydrogen-bond donors (Lipinski definition) is 0. The van der Waals surface area contributed by atoms with Crippen LogP contribution in [0.25, 0.3) is 0 Å². The molecule has 1 nitrogen and oxygen atoms in total. The molecule has 2 aromatic carbocycles. The Morgan fingerprint density at radius 2 is 1.56 bits per heavy atom. The van der Waals surface area contributed by atoms with Crippen LogP contribution >= 0.6 is 0 Å². The third-order valence-electron chi connectivity index (χ3n) is 2.78. The Labute approximate surface area is 101 Å². The van der Waals surface area contributed by atoms with Crippen LogP contribution < -0.4 is 4.46 Å². The Bertz CT molecular complexity index is 511. The summed E-state index contributed by atoms with van der Waals surface area (Å²) in [5.74, 6) is 0.186. The van der Waals surface area contributed by atoms with Gasteiger partial charge in [0.15, 0.2) is 0 Å². The van der Waals surface area contributed by atoms with Gasteiger partial charge in [0, 0.05) is 0 Å². The van der Waals surface area contributed by atoms with Crippen molar-refractivity contribution in [3.8, 4) is 0 Å². The molecule has 0 N–H and O–H groups in total. The van der Waals surface area contributed by atoms with Crippen LogP contribution in [0.15, 0.2) is 48.5 Å². The Morgan fingerprint density at radius 3 is 2.44 bits per heavy atom. The normalized spacial score (nSPS) is 13.9. The van der Waals surface area contributed by atoms with Crippen LogP contribution in [-0.2, 0) is 5.32 Å². The number of carbonyl (C=O) groups excluding carboxylic acids is 1. The molecule has 0 fully saturated rings. The Kier molecular flexibility index (Phi) is 2.39. The fourth-order valence-corrected chi connectivity index (χ4v) is 4.16. The van der Waals surface area contributed by atoms with Crippen molar-refractivity contribution in [3.63, 3.8) is 0 Å². The zero-order valence-electron chi connectivity index (χ0n) is 8.64. The monoisotopic (exact) mass is 274 g/mol. The molecule has 0 bridgehead atoms. The van der Waals surface area contributed by atoms with Gasteiger partial charge in [-0.3, -0.25) is 0 Å². The zero-order valence-corrected chi connectivity index (χ0v) is 10.4. The van der Waals surface area contributed by atoms with Crippen LogP contribution in [0, 0.1) is 0 Å². The molecule has 1 aliphatic heterocycles. The Hall–Kier alpha value is -1.37. The summed E-state index contributed by atoms with van der Waals surface area (Å²) in [5.41, 5.74) is 2.98.